The average Bonchev–Trinajstić information content (AvgIpc) is 2.70. The predicted molar refractivity (Wildman–Crippen MR) is 61.6 cm³/mol. The number of rotatable bonds is 2. The highest BCUT2D eigenvalue weighted by Gasteiger charge is 2.11. The van der Waals surface area contributed by atoms with E-state index in [0.717, 1.165) is 17.3 Å². The summed E-state index contributed by atoms with van der Waals surface area (Å²) in [6.45, 7) is 4.18. The van der Waals surface area contributed by atoms with E-state index in [4.69, 9.17) is 5.26 Å². The van der Waals surface area contributed by atoms with Crippen molar-refractivity contribution in [2.24, 2.45) is 0 Å². The highest BCUT2D eigenvalue weighted by Crippen LogP contribution is 2.25. The van der Waals surface area contributed by atoms with Crippen molar-refractivity contribution in [3.05, 3.63) is 35.8 Å². The van der Waals surface area contributed by atoms with Crippen LogP contribution < -0.4 is 0 Å². The molecule has 0 saturated carbocycles. The topological polar surface area (TPSA) is 28.7 Å². The smallest absolute Gasteiger partial charge is 0.125 e. The summed E-state index contributed by atoms with van der Waals surface area (Å²) in [5.41, 5.74) is 1.23. The number of hydrogen-bond acceptors (Lipinski definition) is 1. The van der Waals surface area contributed by atoms with Crippen molar-refractivity contribution in [2.75, 3.05) is 0 Å². The molecule has 0 radical (unpaired) electrons. The minimum Gasteiger partial charge on any atom is -0.344 e. The van der Waals surface area contributed by atoms with Crippen molar-refractivity contribution >= 4 is 10.9 Å². The maximum Gasteiger partial charge on any atom is 0.125 e. The first-order valence-electron chi connectivity index (χ1n) is 5.37. The first-order chi connectivity index (χ1) is 7.67. The summed E-state index contributed by atoms with van der Waals surface area (Å²) in [4.78, 5) is 0. The van der Waals surface area contributed by atoms with Gasteiger partial charge < -0.3 is 4.57 Å². The second-order valence-electron chi connectivity index (χ2n) is 3.98. The van der Waals surface area contributed by atoms with E-state index in [2.05, 4.69) is 19.9 Å². The Balaban J connectivity index is 2.76. The van der Waals surface area contributed by atoms with E-state index in [1.807, 2.05) is 16.8 Å². The van der Waals surface area contributed by atoms with Gasteiger partial charge in [-0.25, -0.2) is 4.39 Å². The maximum atomic E-state index is 13.2. The van der Waals surface area contributed by atoms with Crippen molar-refractivity contribution < 1.29 is 4.39 Å². The second-order valence-corrected chi connectivity index (χ2v) is 3.98. The van der Waals surface area contributed by atoms with Crippen molar-refractivity contribution in [3.63, 3.8) is 0 Å². The molecule has 82 valence electrons. The molecule has 1 heterocycles. The predicted octanol–water partition coefficient (Wildman–Crippen LogP) is 3.62. The van der Waals surface area contributed by atoms with Gasteiger partial charge in [0, 0.05) is 17.6 Å². The molecule has 3 heteroatoms. The molecule has 1 atom stereocenters. The number of nitrogens with zero attached hydrogens (tertiary/aromatic N) is 2. The molecule has 2 nitrogen and oxygen atoms in total. The summed E-state index contributed by atoms with van der Waals surface area (Å²) in [7, 11) is 0. The van der Waals surface area contributed by atoms with E-state index in [-0.39, 0.29) is 5.82 Å². The van der Waals surface area contributed by atoms with E-state index in [1.165, 1.54) is 12.1 Å². The van der Waals surface area contributed by atoms with Crippen LogP contribution in [0.4, 0.5) is 4.39 Å². The molecule has 0 aliphatic carbocycles. The van der Waals surface area contributed by atoms with Crippen molar-refractivity contribution in [1.82, 2.24) is 4.57 Å². The maximum absolute atomic E-state index is 13.2. The number of aromatic nitrogens is 1. The van der Waals surface area contributed by atoms with Gasteiger partial charge in [-0.05, 0) is 31.5 Å². The molecular formula is C13H13FN2. The van der Waals surface area contributed by atoms with E-state index in [9.17, 15) is 4.39 Å². The Morgan fingerprint density at radius 3 is 2.88 bits per heavy atom. The van der Waals surface area contributed by atoms with Crippen LogP contribution in [-0.4, -0.2) is 4.57 Å². The van der Waals surface area contributed by atoms with Crippen LogP contribution in [0.2, 0.25) is 0 Å². The van der Waals surface area contributed by atoms with Crippen LogP contribution in [0.5, 0.6) is 0 Å². The quantitative estimate of drug-likeness (QED) is 0.753. The molecule has 16 heavy (non-hydrogen) atoms. The van der Waals surface area contributed by atoms with Crippen LogP contribution in [0.3, 0.4) is 0 Å². The molecule has 0 amide bonds. The molecule has 0 bridgehead atoms. The molecule has 0 fully saturated rings. The van der Waals surface area contributed by atoms with Gasteiger partial charge in [-0.2, -0.15) is 5.26 Å². The van der Waals surface area contributed by atoms with Gasteiger partial charge in [-0.3, -0.25) is 0 Å². The SMILES string of the molecule is CCC(C)n1ccc2cc(F)cc(C#N)c21. The summed E-state index contributed by atoms with van der Waals surface area (Å²) in [5, 5.41) is 9.82. The van der Waals surface area contributed by atoms with E-state index in [1.54, 1.807) is 0 Å². The van der Waals surface area contributed by atoms with Gasteiger partial charge in [-0.15, -0.1) is 0 Å². The second kappa shape index (κ2) is 3.97. The first-order valence-corrected chi connectivity index (χ1v) is 5.37. The zero-order chi connectivity index (χ0) is 11.7. The Labute approximate surface area is 93.9 Å². The number of benzene rings is 1. The fraction of sp³-hybridized carbons (Fsp3) is 0.308. The molecule has 2 aromatic rings. The summed E-state index contributed by atoms with van der Waals surface area (Å²) >= 11 is 0. The third-order valence-corrected chi connectivity index (χ3v) is 2.96. The van der Waals surface area contributed by atoms with Crippen LogP contribution in [0.25, 0.3) is 10.9 Å². The third kappa shape index (κ3) is 1.57. The van der Waals surface area contributed by atoms with Crippen LogP contribution in [0, 0.1) is 17.1 Å². The fourth-order valence-electron chi connectivity index (χ4n) is 1.92. The molecule has 0 aliphatic rings. The lowest BCUT2D eigenvalue weighted by Crippen LogP contribution is -2.03. The summed E-state index contributed by atoms with van der Waals surface area (Å²) in [5.74, 6) is -0.356. The van der Waals surface area contributed by atoms with Crippen molar-refractivity contribution in [2.45, 2.75) is 26.3 Å². The molecule has 0 N–H and O–H groups in total. The minimum absolute atomic E-state index is 0.315. The Bertz CT molecular complexity index is 563. The van der Waals surface area contributed by atoms with E-state index in [0.29, 0.717) is 11.6 Å². The highest BCUT2D eigenvalue weighted by molar-refractivity contribution is 5.85. The van der Waals surface area contributed by atoms with Crippen molar-refractivity contribution in [1.29, 1.82) is 5.26 Å². The molecule has 1 aromatic heterocycles. The van der Waals surface area contributed by atoms with Gasteiger partial charge in [0.15, 0.2) is 0 Å². The highest BCUT2D eigenvalue weighted by atomic mass is 19.1. The molecule has 0 spiro atoms. The van der Waals surface area contributed by atoms with Gasteiger partial charge in [0.25, 0.3) is 0 Å². The van der Waals surface area contributed by atoms with Gasteiger partial charge in [0.05, 0.1) is 11.1 Å². The molecule has 2 rings (SSSR count). The lowest BCUT2D eigenvalue weighted by atomic mass is 10.1. The standard InChI is InChI=1S/C13H13FN2/c1-3-9(2)16-5-4-10-6-12(14)7-11(8-15)13(10)16/h4-7,9H,3H2,1-2H3. The monoisotopic (exact) mass is 216 g/mol. The number of hydrogen-bond donors (Lipinski definition) is 0. The van der Waals surface area contributed by atoms with Gasteiger partial charge in [0.2, 0.25) is 0 Å². The van der Waals surface area contributed by atoms with Crippen LogP contribution >= 0.6 is 0 Å². The van der Waals surface area contributed by atoms with Crippen LogP contribution in [-0.2, 0) is 0 Å². The summed E-state index contributed by atoms with van der Waals surface area (Å²) in [6.07, 6.45) is 2.89. The average molecular weight is 216 g/mol. The molecular weight excluding hydrogens is 203 g/mol. The molecule has 1 aromatic carbocycles. The molecule has 0 saturated heterocycles. The van der Waals surface area contributed by atoms with E-state index >= 15 is 0 Å². The Morgan fingerprint density at radius 2 is 2.25 bits per heavy atom. The Kier molecular flexibility index (Phi) is 2.66. The Morgan fingerprint density at radius 1 is 1.50 bits per heavy atom. The van der Waals surface area contributed by atoms with Gasteiger partial charge in [0.1, 0.15) is 11.9 Å². The third-order valence-electron chi connectivity index (χ3n) is 2.96. The van der Waals surface area contributed by atoms with Gasteiger partial charge in [-0.1, -0.05) is 6.92 Å². The van der Waals surface area contributed by atoms with E-state index < -0.39 is 0 Å². The normalized spacial score (nSPS) is 12.6. The zero-order valence-electron chi connectivity index (χ0n) is 9.37. The van der Waals surface area contributed by atoms with Crippen molar-refractivity contribution in [3.8, 4) is 6.07 Å². The summed E-state index contributed by atoms with van der Waals surface area (Å²) < 4.78 is 15.3. The largest absolute Gasteiger partial charge is 0.344 e. The molecule has 0 aliphatic heterocycles. The number of fused-ring (bicyclic) bond motifs is 1. The first kappa shape index (κ1) is 10.7. The van der Waals surface area contributed by atoms with Gasteiger partial charge >= 0.3 is 0 Å². The zero-order valence-corrected chi connectivity index (χ0v) is 9.37. The summed E-state index contributed by atoms with van der Waals surface area (Å²) in [6, 6.07) is 6.98. The minimum atomic E-state index is -0.356. The number of halogens is 1. The van der Waals surface area contributed by atoms with Crippen LogP contribution in [0.1, 0.15) is 31.9 Å². The molecule has 1 unspecified atom stereocenters. The lowest BCUT2D eigenvalue weighted by Gasteiger charge is -2.13. The lowest BCUT2D eigenvalue weighted by molar-refractivity contribution is 0.547. The Hall–Kier alpha value is -1.82. The number of nitriles is 1. The van der Waals surface area contributed by atoms with Crippen LogP contribution in [0.15, 0.2) is 24.4 Å². The fourth-order valence-corrected chi connectivity index (χ4v) is 1.92.